The molecular weight excluding hydrogens is 385 g/mol. The van der Waals surface area contributed by atoms with E-state index < -0.39 is 5.91 Å². The minimum Gasteiger partial charge on any atom is -0.484 e. The summed E-state index contributed by atoms with van der Waals surface area (Å²) in [5, 5.41) is 4.61. The summed E-state index contributed by atoms with van der Waals surface area (Å²) in [6.07, 6.45) is 0. The quantitative estimate of drug-likeness (QED) is 0.592. The molecule has 8 heteroatoms. The topological polar surface area (TPSA) is 63.2 Å². The summed E-state index contributed by atoms with van der Waals surface area (Å²) < 4.78 is 25.1. The molecule has 0 unspecified atom stereocenters. The van der Waals surface area contributed by atoms with E-state index in [-0.39, 0.29) is 12.4 Å². The second-order valence-corrected chi connectivity index (χ2v) is 6.68. The van der Waals surface area contributed by atoms with Crippen molar-refractivity contribution < 1.29 is 18.7 Å². The second-order valence-electron chi connectivity index (χ2n) is 6.24. The highest BCUT2D eigenvalue weighted by Crippen LogP contribution is 2.22. The molecule has 2 aromatic carbocycles. The predicted molar refractivity (Wildman–Crippen MR) is 107 cm³/mol. The van der Waals surface area contributed by atoms with Gasteiger partial charge in [-0.1, -0.05) is 17.7 Å². The number of benzene rings is 2. The fraction of sp³-hybridized carbons (Fsp3) is 0.300. The molecule has 1 fully saturated rings. The lowest BCUT2D eigenvalue weighted by Gasteiger charge is -2.29. The smallest absolute Gasteiger partial charge is 0.277 e. The molecule has 1 saturated heterocycles. The minimum absolute atomic E-state index is 0.192. The Balaban J connectivity index is 1.55. The molecule has 6 nitrogen and oxygen atoms in total. The summed E-state index contributed by atoms with van der Waals surface area (Å²) in [7, 11) is 0. The number of morpholine rings is 1. The molecule has 1 aliphatic heterocycles. The van der Waals surface area contributed by atoms with Crippen molar-refractivity contribution in [2.24, 2.45) is 5.10 Å². The third-order valence-electron chi connectivity index (χ3n) is 4.25. The van der Waals surface area contributed by atoms with Crippen molar-refractivity contribution in [1.29, 1.82) is 0 Å². The van der Waals surface area contributed by atoms with E-state index in [0.717, 1.165) is 0 Å². The van der Waals surface area contributed by atoms with Gasteiger partial charge in [-0.25, -0.2) is 9.82 Å². The lowest BCUT2D eigenvalue weighted by atomic mass is 10.1. The second kappa shape index (κ2) is 9.52. The van der Waals surface area contributed by atoms with Crippen LogP contribution < -0.4 is 15.1 Å². The Labute approximate surface area is 167 Å². The zero-order chi connectivity index (χ0) is 19.9. The zero-order valence-electron chi connectivity index (χ0n) is 15.5. The molecule has 0 aliphatic carbocycles. The van der Waals surface area contributed by atoms with Gasteiger partial charge in [-0.2, -0.15) is 5.10 Å². The van der Waals surface area contributed by atoms with E-state index in [0.29, 0.717) is 54.0 Å². The Hall–Kier alpha value is -2.64. The highest BCUT2D eigenvalue weighted by Gasteiger charge is 2.15. The number of rotatable bonds is 6. The third-order valence-corrected chi connectivity index (χ3v) is 4.50. The third kappa shape index (κ3) is 5.43. The van der Waals surface area contributed by atoms with Gasteiger partial charge in [-0.3, -0.25) is 4.79 Å². The molecule has 0 radical (unpaired) electrons. The highest BCUT2D eigenvalue weighted by atomic mass is 35.5. The van der Waals surface area contributed by atoms with Gasteiger partial charge < -0.3 is 14.4 Å². The molecule has 1 heterocycles. The molecule has 0 aromatic heterocycles. The largest absolute Gasteiger partial charge is 0.484 e. The monoisotopic (exact) mass is 405 g/mol. The van der Waals surface area contributed by atoms with Crippen LogP contribution in [0.4, 0.5) is 10.1 Å². The van der Waals surface area contributed by atoms with Gasteiger partial charge in [0.2, 0.25) is 0 Å². The number of hydrogen-bond donors (Lipinski definition) is 1. The number of carbonyl (C=O) groups excluding carboxylic acids is 1. The van der Waals surface area contributed by atoms with Crippen LogP contribution in [0.5, 0.6) is 5.75 Å². The molecule has 0 spiro atoms. The van der Waals surface area contributed by atoms with Gasteiger partial charge in [0.1, 0.15) is 11.6 Å². The van der Waals surface area contributed by atoms with Gasteiger partial charge in [-0.05, 0) is 43.3 Å². The van der Waals surface area contributed by atoms with Crippen LogP contribution in [-0.4, -0.2) is 44.5 Å². The van der Waals surface area contributed by atoms with E-state index in [4.69, 9.17) is 21.1 Å². The molecule has 0 bridgehead atoms. The van der Waals surface area contributed by atoms with Gasteiger partial charge in [-0.15, -0.1) is 0 Å². The molecule has 1 aliphatic rings. The average molecular weight is 406 g/mol. The number of hydrogen-bond acceptors (Lipinski definition) is 5. The normalized spacial score (nSPS) is 14.7. The van der Waals surface area contributed by atoms with Crippen LogP contribution in [0.2, 0.25) is 5.02 Å². The van der Waals surface area contributed by atoms with E-state index in [1.165, 1.54) is 6.07 Å². The number of halogens is 2. The summed E-state index contributed by atoms with van der Waals surface area (Å²) in [6, 6.07) is 11.6. The number of anilines is 1. The number of nitrogens with one attached hydrogen (secondary N) is 1. The van der Waals surface area contributed by atoms with Crippen molar-refractivity contribution in [1.82, 2.24) is 5.43 Å². The molecule has 1 amide bonds. The predicted octanol–water partition coefficient (Wildman–Crippen LogP) is 3.23. The summed E-state index contributed by atoms with van der Waals surface area (Å²) in [5.41, 5.74) is 4.03. The van der Waals surface area contributed by atoms with E-state index in [2.05, 4.69) is 10.5 Å². The first kappa shape index (κ1) is 20.1. The van der Waals surface area contributed by atoms with Crippen LogP contribution >= 0.6 is 11.6 Å². The Morgan fingerprint density at radius 3 is 2.64 bits per heavy atom. The number of ether oxygens (including phenoxy) is 2. The number of hydrazone groups is 1. The zero-order valence-corrected chi connectivity index (χ0v) is 16.2. The molecule has 148 valence electrons. The molecule has 1 N–H and O–H groups in total. The molecule has 0 atom stereocenters. The summed E-state index contributed by atoms with van der Waals surface area (Å²) in [4.78, 5) is 13.8. The fourth-order valence-corrected chi connectivity index (χ4v) is 2.84. The molecular formula is C20H21ClFN3O3. The van der Waals surface area contributed by atoms with Crippen LogP contribution in [-0.2, 0) is 9.53 Å². The summed E-state index contributed by atoms with van der Waals surface area (Å²) in [5.74, 6) is -0.216. The Kier molecular flexibility index (Phi) is 6.84. The van der Waals surface area contributed by atoms with Crippen LogP contribution in [0, 0.1) is 5.82 Å². The number of carbonyl (C=O) groups is 1. The molecule has 0 saturated carbocycles. The number of nitrogens with zero attached hydrogens (tertiary/aromatic N) is 2. The van der Waals surface area contributed by atoms with Gasteiger partial charge in [0.05, 0.1) is 24.6 Å². The Morgan fingerprint density at radius 1 is 1.25 bits per heavy atom. The van der Waals surface area contributed by atoms with Crippen molar-refractivity contribution >= 4 is 28.9 Å². The van der Waals surface area contributed by atoms with Crippen LogP contribution in [0.15, 0.2) is 47.6 Å². The molecule has 2 aromatic rings. The SMILES string of the molecule is C/C(=N/NC(=O)COc1ccc(Cl)cc1)c1ccc(N2CCOCC2)c(F)c1. The van der Waals surface area contributed by atoms with Crippen molar-refractivity contribution in [3.63, 3.8) is 0 Å². The van der Waals surface area contributed by atoms with Gasteiger partial charge in [0.15, 0.2) is 6.61 Å². The van der Waals surface area contributed by atoms with Gasteiger partial charge >= 0.3 is 0 Å². The Morgan fingerprint density at radius 2 is 1.96 bits per heavy atom. The first-order chi connectivity index (χ1) is 13.5. The van der Waals surface area contributed by atoms with Crippen molar-refractivity contribution in [3.05, 3.63) is 58.9 Å². The van der Waals surface area contributed by atoms with E-state index >= 15 is 0 Å². The first-order valence-corrected chi connectivity index (χ1v) is 9.25. The van der Waals surface area contributed by atoms with Crippen LogP contribution in [0.3, 0.4) is 0 Å². The van der Waals surface area contributed by atoms with E-state index in [9.17, 15) is 9.18 Å². The summed E-state index contributed by atoms with van der Waals surface area (Å²) >= 11 is 5.79. The van der Waals surface area contributed by atoms with Crippen molar-refractivity contribution in [2.75, 3.05) is 37.8 Å². The standard InChI is InChI=1S/C20H21ClFN3O3/c1-14(23-24-20(26)13-28-17-5-3-16(21)4-6-17)15-2-7-19(18(22)12-15)25-8-10-27-11-9-25/h2-7,12H,8-11,13H2,1H3,(H,24,26)/b23-14-. The fourth-order valence-electron chi connectivity index (χ4n) is 2.72. The lowest BCUT2D eigenvalue weighted by molar-refractivity contribution is -0.123. The maximum atomic E-state index is 14.5. The van der Waals surface area contributed by atoms with E-state index in [1.807, 2.05) is 4.90 Å². The van der Waals surface area contributed by atoms with Gasteiger partial charge in [0.25, 0.3) is 5.91 Å². The van der Waals surface area contributed by atoms with Crippen molar-refractivity contribution in [3.8, 4) is 5.75 Å². The molecule has 3 rings (SSSR count). The Bertz CT molecular complexity index is 852. The highest BCUT2D eigenvalue weighted by molar-refractivity contribution is 6.30. The number of amides is 1. The maximum absolute atomic E-state index is 14.5. The average Bonchev–Trinajstić information content (AvgIpc) is 2.72. The van der Waals surface area contributed by atoms with Crippen LogP contribution in [0.1, 0.15) is 12.5 Å². The molecule has 28 heavy (non-hydrogen) atoms. The van der Waals surface area contributed by atoms with Gasteiger partial charge in [0, 0.05) is 23.7 Å². The lowest BCUT2D eigenvalue weighted by Crippen LogP contribution is -2.36. The summed E-state index contributed by atoms with van der Waals surface area (Å²) in [6.45, 7) is 4.00. The maximum Gasteiger partial charge on any atom is 0.277 e. The first-order valence-electron chi connectivity index (χ1n) is 8.87. The van der Waals surface area contributed by atoms with E-state index in [1.54, 1.807) is 43.3 Å². The minimum atomic E-state index is -0.417. The van der Waals surface area contributed by atoms with Crippen LogP contribution in [0.25, 0.3) is 0 Å². The van der Waals surface area contributed by atoms with Crippen molar-refractivity contribution in [2.45, 2.75) is 6.92 Å².